The van der Waals surface area contributed by atoms with E-state index in [-0.39, 0.29) is 17.3 Å². The van der Waals surface area contributed by atoms with Crippen LogP contribution in [0.5, 0.6) is 0 Å². The van der Waals surface area contributed by atoms with Crippen LogP contribution in [0.2, 0.25) is 0 Å². The van der Waals surface area contributed by atoms with Crippen molar-refractivity contribution >= 4 is 22.7 Å². The van der Waals surface area contributed by atoms with Crippen LogP contribution in [0, 0.1) is 11.3 Å². The van der Waals surface area contributed by atoms with Crippen molar-refractivity contribution in [2.45, 2.75) is 91.6 Å². The first-order valence-electron chi connectivity index (χ1n) is 12.8. The Kier molecular flexibility index (Phi) is 8.69. The van der Waals surface area contributed by atoms with E-state index in [0.29, 0.717) is 25.1 Å². The lowest BCUT2D eigenvalue weighted by molar-refractivity contribution is -0.143. The number of ether oxygens (including phenoxy) is 1. The van der Waals surface area contributed by atoms with E-state index in [9.17, 15) is 9.90 Å². The van der Waals surface area contributed by atoms with Crippen LogP contribution in [0.1, 0.15) is 86.0 Å². The number of carbonyl (C=O) groups excluding carboxylic acids is 1. The maximum absolute atomic E-state index is 12.3. The van der Waals surface area contributed by atoms with Gasteiger partial charge in [0.1, 0.15) is 16.6 Å². The Morgan fingerprint density at radius 2 is 1.71 bits per heavy atom. The van der Waals surface area contributed by atoms with E-state index in [0.717, 1.165) is 29.4 Å². The summed E-state index contributed by atoms with van der Waals surface area (Å²) in [6.07, 6.45) is 11.9. The molecule has 34 heavy (non-hydrogen) atoms. The number of aromatic nitrogens is 3. The molecule has 1 aliphatic rings. The van der Waals surface area contributed by atoms with Gasteiger partial charge < -0.3 is 9.84 Å². The van der Waals surface area contributed by atoms with Gasteiger partial charge in [0.15, 0.2) is 0 Å². The number of carbonyl (C=O) groups is 1. The van der Waals surface area contributed by atoms with E-state index in [2.05, 4.69) is 44.0 Å². The highest BCUT2D eigenvalue weighted by Crippen LogP contribution is 2.45. The number of nitrogens with zero attached hydrogens (tertiary/aromatic N) is 3. The van der Waals surface area contributed by atoms with Crippen molar-refractivity contribution < 1.29 is 14.6 Å². The molecule has 186 valence electrons. The largest absolute Gasteiger partial charge is 0.466 e. The van der Waals surface area contributed by atoms with E-state index in [1.165, 1.54) is 25.7 Å². The molecule has 6 heteroatoms. The van der Waals surface area contributed by atoms with Gasteiger partial charge in [-0.2, -0.15) is 4.80 Å². The third-order valence-electron chi connectivity index (χ3n) is 6.64. The molecule has 0 saturated carbocycles. The second-order valence-corrected chi connectivity index (χ2v) is 10.7. The Morgan fingerprint density at radius 1 is 1.09 bits per heavy atom. The molecule has 3 rings (SSSR count). The number of fused-ring (bicyclic) bond motifs is 1. The number of esters is 1. The highest BCUT2D eigenvalue weighted by atomic mass is 16.5. The Balaban J connectivity index is 1.69. The molecule has 0 aliphatic heterocycles. The fourth-order valence-corrected chi connectivity index (χ4v) is 4.77. The van der Waals surface area contributed by atoms with Gasteiger partial charge in [-0.1, -0.05) is 78.0 Å². The summed E-state index contributed by atoms with van der Waals surface area (Å²) in [5.41, 5.74) is 1.83. The van der Waals surface area contributed by atoms with E-state index in [4.69, 9.17) is 4.74 Å². The molecule has 1 aliphatic carbocycles. The van der Waals surface area contributed by atoms with E-state index >= 15 is 0 Å². The van der Waals surface area contributed by atoms with Gasteiger partial charge in [0.05, 0.1) is 12.3 Å². The fourth-order valence-electron chi connectivity index (χ4n) is 4.77. The average Bonchev–Trinajstić information content (AvgIpc) is 3.20. The lowest BCUT2D eigenvalue weighted by atomic mass is 9.67. The van der Waals surface area contributed by atoms with Crippen LogP contribution in [0.15, 0.2) is 42.0 Å². The van der Waals surface area contributed by atoms with Crippen molar-refractivity contribution in [2.75, 3.05) is 6.61 Å². The minimum absolute atomic E-state index is 0.164. The lowest BCUT2D eigenvalue weighted by Gasteiger charge is -2.43. The molecule has 2 aromatic rings. The van der Waals surface area contributed by atoms with Crippen molar-refractivity contribution in [2.24, 2.45) is 11.3 Å². The molecule has 1 aromatic carbocycles. The molecule has 1 heterocycles. The highest BCUT2D eigenvalue weighted by molar-refractivity contribution is 5.75. The number of allylic oxidation sites excluding steroid dienone is 2. The molecular weight excluding hydrogens is 426 g/mol. The first-order chi connectivity index (χ1) is 16.1. The van der Waals surface area contributed by atoms with Gasteiger partial charge in [0, 0.05) is 12.3 Å². The number of benzene rings is 1. The molecule has 0 fully saturated rings. The highest BCUT2D eigenvalue weighted by Gasteiger charge is 2.45. The molecule has 0 radical (unpaired) electrons. The standard InChI is InChI=1S/C28H41N3O3/c1-6-7-8-9-10-13-18-34-26(32)17-16-21-19-24(27(2,3)4)28(5,33)25(20-21)31-29-22-14-11-12-15-23(22)30-31/h11-12,14-15,19-20,24,33H,6-10,13,16-18H2,1-5H3. The number of rotatable bonds is 11. The topological polar surface area (TPSA) is 77.2 Å². The summed E-state index contributed by atoms with van der Waals surface area (Å²) in [5.74, 6) is -0.333. The maximum Gasteiger partial charge on any atom is 0.306 e. The second kappa shape index (κ2) is 11.3. The van der Waals surface area contributed by atoms with Gasteiger partial charge in [-0.3, -0.25) is 4.79 Å². The fraction of sp³-hybridized carbons (Fsp3) is 0.607. The third-order valence-corrected chi connectivity index (χ3v) is 6.64. The number of aliphatic hydroxyl groups is 1. The first-order valence-corrected chi connectivity index (χ1v) is 12.8. The SMILES string of the molecule is CCCCCCCCOC(=O)CCC1=CC(C(C)(C)C)C(C)(O)C(n2nc3ccccc3n2)=C1. The molecule has 0 amide bonds. The normalized spacial score (nSPS) is 20.8. The first kappa shape index (κ1) is 26.1. The zero-order valence-electron chi connectivity index (χ0n) is 21.5. The predicted octanol–water partition coefficient (Wildman–Crippen LogP) is 6.31. The van der Waals surface area contributed by atoms with Crippen LogP contribution in [0.4, 0.5) is 0 Å². The Hall–Kier alpha value is -2.47. The summed E-state index contributed by atoms with van der Waals surface area (Å²) in [6.45, 7) is 10.9. The van der Waals surface area contributed by atoms with Crippen LogP contribution < -0.4 is 0 Å². The van der Waals surface area contributed by atoms with Crippen molar-refractivity contribution in [1.29, 1.82) is 0 Å². The summed E-state index contributed by atoms with van der Waals surface area (Å²) in [4.78, 5) is 13.9. The van der Waals surface area contributed by atoms with Gasteiger partial charge >= 0.3 is 5.97 Å². The van der Waals surface area contributed by atoms with Crippen molar-refractivity contribution in [3.8, 4) is 0 Å². The van der Waals surface area contributed by atoms with Crippen LogP contribution in [-0.4, -0.2) is 38.3 Å². The minimum atomic E-state index is -1.16. The lowest BCUT2D eigenvalue weighted by Crippen LogP contribution is -2.45. The summed E-state index contributed by atoms with van der Waals surface area (Å²) < 4.78 is 5.46. The van der Waals surface area contributed by atoms with Gasteiger partial charge in [0.25, 0.3) is 0 Å². The maximum atomic E-state index is 12.3. The summed E-state index contributed by atoms with van der Waals surface area (Å²) in [7, 11) is 0. The predicted molar refractivity (Wildman–Crippen MR) is 137 cm³/mol. The molecule has 6 nitrogen and oxygen atoms in total. The van der Waals surface area contributed by atoms with Gasteiger partial charge in [-0.25, -0.2) is 0 Å². The van der Waals surface area contributed by atoms with Gasteiger partial charge in [-0.05, 0) is 49.0 Å². The zero-order valence-corrected chi connectivity index (χ0v) is 21.5. The molecular formula is C28H41N3O3. The molecule has 0 saturated heterocycles. The third kappa shape index (κ3) is 6.56. The molecule has 2 atom stereocenters. The zero-order chi connectivity index (χ0) is 24.8. The monoisotopic (exact) mass is 467 g/mol. The van der Waals surface area contributed by atoms with Crippen LogP contribution in [-0.2, 0) is 9.53 Å². The smallest absolute Gasteiger partial charge is 0.306 e. The molecule has 1 aromatic heterocycles. The molecule has 2 unspecified atom stereocenters. The molecule has 0 bridgehead atoms. The second-order valence-electron chi connectivity index (χ2n) is 10.7. The Morgan fingerprint density at radius 3 is 2.32 bits per heavy atom. The van der Waals surface area contributed by atoms with Gasteiger partial charge in [0.2, 0.25) is 0 Å². The van der Waals surface area contributed by atoms with Crippen LogP contribution in [0.3, 0.4) is 0 Å². The summed E-state index contributed by atoms with van der Waals surface area (Å²) in [6, 6.07) is 7.67. The molecule has 1 N–H and O–H groups in total. The average molecular weight is 468 g/mol. The Labute approximate surface area is 204 Å². The van der Waals surface area contributed by atoms with E-state index in [1.54, 1.807) is 4.80 Å². The Bertz CT molecular complexity index is 994. The van der Waals surface area contributed by atoms with Crippen molar-refractivity contribution in [3.63, 3.8) is 0 Å². The number of hydrogen-bond donors (Lipinski definition) is 1. The number of hydrogen-bond acceptors (Lipinski definition) is 5. The molecule has 0 spiro atoms. The summed E-state index contributed by atoms with van der Waals surface area (Å²) in [5, 5.41) is 20.8. The van der Waals surface area contributed by atoms with Crippen LogP contribution >= 0.6 is 0 Å². The minimum Gasteiger partial charge on any atom is -0.466 e. The number of unbranched alkanes of at least 4 members (excludes halogenated alkanes) is 5. The van der Waals surface area contributed by atoms with Crippen LogP contribution in [0.25, 0.3) is 16.7 Å². The van der Waals surface area contributed by atoms with Gasteiger partial charge in [-0.15, -0.1) is 10.2 Å². The summed E-state index contributed by atoms with van der Waals surface area (Å²) >= 11 is 0. The quantitative estimate of drug-likeness (QED) is 0.309. The van der Waals surface area contributed by atoms with Crippen molar-refractivity contribution in [1.82, 2.24) is 15.0 Å². The van der Waals surface area contributed by atoms with Crippen molar-refractivity contribution in [3.05, 3.63) is 42.0 Å². The van der Waals surface area contributed by atoms with E-state index in [1.807, 2.05) is 37.3 Å². The van der Waals surface area contributed by atoms with E-state index < -0.39 is 5.60 Å².